The van der Waals surface area contributed by atoms with Crippen molar-refractivity contribution < 1.29 is 22.8 Å². The zero-order valence-electron chi connectivity index (χ0n) is 14.5. The number of aliphatic hydroxyl groups is 1. The van der Waals surface area contributed by atoms with E-state index in [0.29, 0.717) is 19.0 Å². The Morgan fingerprint density at radius 1 is 1.27 bits per heavy atom. The summed E-state index contributed by atoms with van der Waals surface area (Å²) in [5, 5.41) is 13.9. The standard InChI is InChI=1S/C18H22F3N3O2/c1-24(10-13-5-2-3-8-15(13)25)11-16-22-17(23-26-16)12-6-4-7-14(9-12)18(19,20)21/h4,6-7,9,13,15,25H,2-3,5,8,10-11H2,1H3. The summed E-state index contributed by atoms with van der Waals surface area (Å²) >= 11 is 0. The zero-order valence-corrected chi connectivity index (χ0v) is 14.5. The summed E-state index contributed by atoms with van der Waals surface area (Å²) in [5.74, 6) is 0.696. The van der Waals surface area contributed by atoms with Crippen LogP contribution in [-0.2, 0) is 12.7 Å². The van der Waals surface area contributed by atoms with Gasteiger partial charge in [0.05, 0.1) is 18.2 Å². The molecule has 0 spiro atoms. The predicted molar refractivity (Wildman–Crippen MR) is 89.0 cm³/mol. The second kappa shape index (κ2) is 7.75. The molecule has 2 unspecified atom stereocenters. The van der Waals surface area contributed by atoms with Crippen molar-refractivity contribution >= 4 is 0 Å². The molecule has 0 aliphatic heterocycles. The van der Waals surface area contributed by atoms with Gasteiger partial charge in [-0.3, -0.25) is 4.90 Å². The van der Waals surface area contributed by atoms with E-state index >= 15 is 0 Å². The van der Waals surface area contributed by atoms with Crippen LogP contribution in [0.5, 0.6) is 0 Å². The number of aromatic nitrogens is 2. The van der Waals surface area contributed by atoms with Gasteiger partial charge in [-0.15, -0.1) is 0 Å². The minimum Gasteiger partial charge on any atom is -0.393 e. The Bertz CT molecular complexity index is 732. The first-order chi connectivity index (χ1) is 12.3. The van der Waals surface area contributed by atoms with E-state index in [9.17, 15) is 18.3 Å². The molecule has 0 saturated heterocycles. The highest BCUT2D eigenvalue weighted by Crippen LogP contribution is 2.31. The van der Waals surface area contributed by atoms with Crippen LogP contribution in [0, 0.1) is 5.92 Å². The summed E-state index contributed by atoms with van der Waals surface area (Å²) in [5.41, 5.74) is -0.482. The first-order valence-corrected chi connectivity index (χ1v) is 8.70. The molecule has 1 aliphatic carbocycles. The number of alkyl halides is 3. The van der Waals surface area contributed by atoms with E-state index in [1.807, 2.05) is 11.9 Å². The SMILES string of the molecule is CN(Cc1nc(-c2cccc(C(F)(F)F)c2)no1)CC1CCCCC1O. The molecule has 142 valence electrons. The average molecular weight is 369 g/mol. The molecule has 8 heteroatoms. The molecular formula is C18H22F3N3O2. The Balaban J connectivity index is 1.64. The molecule has 1 N–H and O–H groups in total. The van der Waals surface area contributed by atoms with Crippen LogP contribution >= 0.6 is 0 Å². The lowest BCUT2D eigenvalue weighted by molar-refractivity contribution is -0.137. The molecule has 1 aromatic carbocycles. The number of hydrogen-bond acceptors (Lipinski definition) is 5. The Labute approximate surface area is 149 Å². The molecule has 1 heterocycles. The molecule has 1 fully saturated rings. The monoisotopic (exact) mass is 369 g/mol. The molecular weight excluding hydrogens is 347 g/mol. The van der Waals surface area contributed by atoms with E-state index in [2.05, 4.69) is 10.1 Å². The van der Waals surface area contributed by atoms with Crippen molar-refractivity contribution in [3.8, 4) is 11.4 Å². The maximum Gasteiger partial charge on any atom is 0.416 e. The summed E-state index contributed by atoms with van der Waals surface area (Å²) in [6.07, 6.45) is -0.691. The molecule has 2 aromatic rings. The van der Waals surface area contributed by atoms with Gasteiger partial charge in [0.1, 0.15) is 0 Å². The normalized spacial score (nSPS) is 21.3. The van der Waals surface area contributed by atoms with Gasteiger partial charge in [-0.05, 0) is 37.9 Å². The van der Waals surface area contributed by atoms with E-state index < -0.39 is 11.7 Å². The third-order valence-corrected chi connectivity index (χ3v) is 4.74. The Hall–Kier alpha value is -1.93. The Morgan fingerprint density at radius 2 is 2.04 bits per heavy atom. The van der Waals surface area contributed by atoms with Gasteiger partial charge in [0.2, 0.25) is 11.7 Å². The van der Waals surface area contributed by atoms with Crippen LogP contribution in [0.2, 0.25) is 0 Å². The maximum absolute atomic E-state index is 12.8. The molecule has 26 heavy (non-hydrogen) atoms. The van der Waals surface area contributed by atoms with Crippen LogP contribution in [-0.4, -0.2) is 39.8 Å². The second-order valence-corrected chi connectivity index (χ2v) is 6.90. The smallest absolute Gasteiger partial charge is 0.393 e. The first-order valence-electron chi connectivity index (χ1n) is 8.70. The van der Waals surface area contributed by atoms with Crippen LogP contribution in [0.1, 0.15) is 37.1 Å². The molecule has 1 aromatic heterocycles. The second-order valence-electron chi connectivity index (χ2n) is 6.90. The number of rotatable bonds is 5. The van der Waals surface area contributed by atoms with E-state index in [-0.39, 0.29) is 23.4 Å². The molecule has 1 aliphatic rings. The molecule has 1 saturated carbocycles. The number of hydrogen-bond donors (Lipinski definition) is 1. The highest BCUT2D eigenvalue weighted by atomic mass is 19.4. The van der Waals surface area contributed by atoms with Gasteiger partial charge < -0.3 is 9.63 Å². The third-order valence-electron chi connectivity index (χ3n) is 4.74. The lowest BCUT2D eigenvalue weighted by Crippen LogP contribution is -2.34. The van der Waals surface area contributed by atoms with Crippen molar-refractivity contribution in [1.82, 2.24) is 15.0 Å². The van der Waals surface area contributed by atoms with Gasteiger partial charge in [-0.1, -0.05) is 30.1 Å². The fourth-order valence-electron chi connectivity index (χ4n) is 3.37. The van der Waals surface area contributed by atoms with Crippen LogP contribution in [0.15, 0.2) is 28.8 Å². The minimum absolute atomic E-state index is 0.136. The van der Waals surface area contributed by atoms with Gasteiger partial charge in [0.15, 0.2) is 0 Å². The number of halogens is 3. The maximum atomic E-state index is 12.8. The van der Waals surface area contributed by atoms with Gasteiger partial charge in [0, 0.05) is 12.1 Å². The molecule has 0 bridgehead atoms. The van der Waals surface area contributed by atoms with Gasteiger partial charge in [0.25, 0.3) is 0 Å². The third kappa shape index (κ3) is 4.62. The summed E-state index contributed by atoms with van der Waals surface area (Å²) in [6, 6.07) is 4.86. The zero-order chi connectivity index (χ0) is 18.7. The van der Waals surface area contributed by atoms with Crippen molar-refractivity contribution in [2.45, 2.75) is 44.5 Å². The van der Waals surface area contributed by atoms with Crippen LogP contribution < -0.4 is 0 Å². The summed E-state index contributed by atoms with van der Waals surface area (Å²) in [7, 11) is 1.90. The summed E-state index contributed by atoms with van der Waals surface area (Å²) < 4.78 is 43.7. The van der Waals surface area contributed by atoms with Crippen molar-refractivity contribution in [2.24, 2.45) is 5.92 Å². The van der Waals surface area contributed by atoms with Crippen LogP contribution in [0.4, 0.5) is 13.2 Å². The molecule has 5 nitrogen and oxygen atoms in total. The van der Waals surface area contributed by atoms with Crippen molar-refractivity contribution in [3.05, 3.63) is 35.7 Å². The van der Waals surface area contributed by atoms with E-state index in [1.165, 1.54) is 12.1 Å². The quantitative estimate of drug-likeness (QED) is 0.870. The lowest BCUT2D eigenvalue weighted by Gasteiger charge is -2.30. The van der Waals surface area contributed by atoms with Gasteiger partial charge in [-0.2, -0.15) is 18.2 Å². The van der Waals surface area contributed by atoms with Crippen LogP contribution in [0.3, 0.4) is 0 Å². The number of aliphatic hydroxyl groups excluding tert-OH is 1. The topological polar surface area (TPSA) is 62.4 Å². The predicted octanol–water partition coefficient (Wildman–Crippen LogP) is 3.74. The van der Waals surface area contributed by atoms with Crippen molar-refractivity contribution in [3.63, 3.8) is 0 Å². The number of nitrogens with zero attached hydrogens (tertiary/aromatic N) is 3. The van der Waals surface area contributed by atoms with Crippen molar-refractivity contribution in [1.29, 1.82) is 0 Å². The number of benzene rings is 1. The lowest BCUT2D eigenvalue weighted by atomic mass is 9.86. The van der Waals surface area contributed by atoms with E-state index in [1.54, 1.807) is 0 Å². The van der Waals surface area contributed by atoms with Gasteiger partial charge >= 0.3 is 6.18 Å². The fraction of sp³-hybridized carbons (Fsp3) is 0.556. The fourth-order valence-corrected chi connectivity index (χ4v) is 3.37. The Morgan fingerprint density at radius 3 is 2.77 bits per heavy atom. The highest BCUT2D eigenvalue weighted by molar-refractivity contribution is 5.55. The highest BCUT2D eigenvalue weighted by Gasteiger charge is 2.31. The first kappa shape index (κ1) is 18.8. The molecule has 2 atom stereocenters. The largest absolute Gasteiger partial charge is 0.416 e. The van der Waals surface area contributed by atoms with Crippen LogP contribution in [0.25, 0.3) is 11.4 Å². The Kier molecular flexibility index (Phi) is 5.62. The van der Waals surface area contributed by atoms with Gasteiger partial charge in [-0.25, -0.2) is 0 Å². The summed E-state index contributed by atoms with van der Waals surface area (Å²) in [6.45, 7) is 1.09. The average Bonchev–Trinajstić information content (AvgIpc) is 3.05. The molecule has 0 amide bonds. The van der Waals surface area contributed by atoms with E-state index in [4.69, 9.17) is 4.52 Å². The van der Waals surface area contributed by atoms with E-state index in [0.717, 1.165) is 37.8 Å². The molecule has 0 radical (unpaired) electrons. The van der Waals surface area contributed by atoms with Crippen molar-refractivity contribution in [2.75, 3.05) is 13.6 Å². The minimum atomic E-state index is -4.41. The molecule has 3 rings (SSSR count). The summed E-state index contributed by atoms with van der Waals surface area (Å²) in [4.78, 5) is 6.20.